The number of rotatable bonds is 6. The standard InChI is InChI=1S/C20H15F3N2O3S/c21-15-3-6-17(7-4-15)25-29(27,28)18-8-1-13(2-9-18)20(26)24-12-14-11-16(22)5-10-19(14)23/h1-11,25H,12H2,(H,24,26). The highest BCUT2D eigenvalue weighted by Gasteiger charge is 2.15. The predicted molar refractivity (Wildman–Crippen MR) is 101 cm³/mol. The second-order valence-electron chi connectivity index (χ2n) is 6.06. The normalized spacial score (nSPS) is 11.1. The third-order valence-corrected chi connectivity index (χ3v) is 5.37. The number of amides is 1. The van der Waals surface area contributed by atoms with Crippen molar-refractivity contribution in [2.75, 3.05) is 4.72 Å². The van der Waals surface area contributed by atoms with Crippen LogP contribution in [0.1, 0.15) is 15.9 Å². The van der Waals surface area contributed by atoms with E-state index in [1.807, 2.05) is 0 Å². The third kappa shape index (κ3) is 5.14. The molecule has 0 saturated heterocycles. The number of hydrogen-bond acceptors (Lipinski definition) is 3. The molecule has 29 heavy (non-hydrogen) atoms. The van der Waals surface area contributed by atoms with Crippen LogP contribution < -0.4 is 10.0 Å². The van der Waals surface area contributed by atoms with Crippen molar-refractivity contribution < 1.29 is 26.4 Å². The summed E-state index contributed by atoms with van der Waals surface area (Å²) in [4.78, 5) is 12.1. The second-order valence-corrected chi connectivity index (χ2v) is 7.74. The van der Waals surface area contributed by atoms with Crippen LogP contribution >= 0.6 is 0 Å². The Kier molecular flexibility index (Phi) is 5.88. The molecule has 0 aliphatic heterocycles. The molecule has 3 rings (SSSR count). The largest absolute Gasteiger partial charge is 0.348 e. The lowest BCUT2D eigenvalue weighted by atomic mass is 10.2. The van der Waals surface area contributed by atoms with Crippen LogP contribution in [0.15, 0.2) is 71.6 Å². The molecule has 0 unspecified atom stereocenters. The number of anilines is 1. The van der Waals surface area contributed by atoms with Gasteiger partial charge in [-0.3, -0.25) is 9.52 Å². The Bertz CT molecular complexity index is 1130. The first-order valence-electron chi connectivity index (χ1n) is 8.35. The molecule has 150 valence electrons. The van der Waals surface area contributed by atoms with Gasteiger partial charge in [0, 0.05) is 23.4 Å². The molecule has 0 fully saturated rings. The van der Waals surface area contributed by atoms with Gasteiger partial charge in [-0.1, -0.05) is 0 Å². The van der Waals surface area contributed by atoms with Gasteiger partial charge in [-0.15, -0.1) is 0 Å². The van der Waals surface area contributed by atoms with Crippen molar-refractivity contribution in [3.63, 3.8) is 0 Å². The van der Waals surface area contributed by atoms with Crippen molar-refractivity contribution in [1.82, 2.24) is 5.32 Å². The average molecular weight is 420 g/mol. The van der Waals surface area contributed by atoms with Crippen molar-refractivity contribution in [1.29, 1.82) is 0 Å². The summed E-state index contributed by atoms with van der Waals surface area (Å²) in [6, 6.07) is 12.7. The maximum atomic E-state index is 13.6. The smallest absolute Gasteiger partial charge is 0.261 e. The van der Waals surface area contributed by atoms with Gasteiger partial charge in [0.2, 0.25) is 0 Å². The van der Waals surface area contributed by atoms with E-state index in [0.717, 1.165) is 30.3 Å². The van der Waals surface area contributed by atoms with E-state index in [-0.39, 0.29) is 28.3 Å². The Morgan fingerprint density at radius 1 is 0.828 bits per heavy atom. The van der Waals surface area contributed by atoms with Crippen LogP contribution in [0.3, 0.4) is 0 Å². The van der Waals surface area contributed by atoms with Crippen LogP contribution in [0.2, 0.25) is 0 Å². The van der Waals surface area contributed by atoms with Crippen molar-refractivity contribution in [3.8, 4) is 0 Å². The Morgan fingerprint density at radius 2 is 1.45 bits per heavy atom. The fraction of sp³-hybridized carbons (Fsp3) is 0.0500. The fourth-order valence-corrected chi connectivity index (χ4v) is 3.53. The second kappa shape index (κ2) is 8.36. The molecule has 9 heteroatoms. The van der Waals surface area contributed by atoms with E-state index >= 15 is 0 Å². The zero-order valence-corrected chi connectivity index (χ0v) is 15.6. The highest BCUT2D eigenvalue weighted by atomic mass is 32.2. The monoisotopic (exact) mass is 420 g/mol. The molecular formula is C20H15F3N2O3S. The van der Waals surface area contributed by atoms with E-state index in [4.69, 9.17) is 0 Å². The van der Waals surface area contributed by atoms with Gasteiger partial charge in [-0.05, 0) is 66.7 Å². The van der Waals surface area contributed by atoms with E-state index in [1.54, 1.807) is 0 Å². The number of hydrogen-bond donors (Lipinski definition) is 2. The number of sulfonamides is 1. The van der Waals surface area contributed by atoms with Gasteiger partial charge in [-0.25, -0.2) is 21.6 Å². The first-order valence-corrected chi connectivity index (χ1v) is 9.83. The average Bonchev–Trinajstić information content (AvgIpc) is 2.70. The SMILES string of the molecule is O=C(NCc1cc(F)ccc1F)c1ccc(S(=O)(=O)Nc2ccc(F)cc2)cc1. The van der Waals surface area contributed by atoms with Crippen LogP contribution in [0.25, 0.3) is 0 Å². The number of nitrogens with one attached hydrogen (secondary N) is 2. The van der Waals surface area contributed by atoms with Gasteiger partial charge >= 0.3 is 0 Å². The van der Waals surface area contributed by atoms with E-state index in [9.17, 15) is 26.4 Å². The summed E-state index contributed by atoms with van der Waals surface area (Å²) >= 11 is 0. The molecule has 0 saturated carbocycles. The maximum Gasteiger partial charge on any atom is 0.261 e. The summed E-state index contributed by atoms with van der Waals surface area (Å²) in [6.45, 7) is -0.228. The molecule has 1 amide bonds. The Balaban J connectivity index is 1.67. The molecular weight excluding hydrogens is 405 g/mol. The lowest BCUT2D eigenvalue weighted by Crippen LogP contribution is -2.23. The Hall–Kier alpha value is -3.33. The van der Waals surface area contributed by atoms with Gasteiger partial charge < -0.3 is 5.32 Å². The molecule has 0 aliphatic carbocycles. The minimum absolute atomic E-state index is 0.0129. The van der Waals surface area contributed by atoms with Crippen molar-refractivity contribution in [2.24, 2.45) is 0 Å². The molecule has 0 aliphatic rings. The summed E-state index contributed by atoms with van der Waals surface area (Å²) in [6.07, 6.45) is 0. The quantitative estimate of drug-likeness (QED) is 0.636. The highest BCUT2D eigenvalue weighted by Crippen LogP contribution is 2.17. The highest BCUT2D eigenvalue weighted by molar-refractivity contribution is 7.92. The lowest BCUT2D eigenvalue weighted by Gasteiger charge is -2.09. The van der Waals surface area contributed by atoms with Gasteiger partial charge in [0.25, 0.3) is 15.9 Å². The zero-order chi connectivity index (χ0) is 21.0. The topological polar surface area (TPSA) is 75.3 Å². The van der Waals surface area contributed by atoms with Crippen LogP contribution in [0.4, 0.5) is 18.9 Å². The predicted octanol–water partition coefficient (Wildman–Crippen LogP) is 3.83. The van der Waals surface area contributed by atoms with Crippen molar-refractivity contribution in [3.05, 3.63) is 95.3 Å². The Labute approximate surface area is 165 Å². The molecule has 5 nitrogen and oxygen atoms in total. The number of benzene rings is 3. The number of carbonyl (C=O) groups excluding carboxylic acids is 1. The lowest BCUT2D eigenvalue weighted by molar-refractivity contribution is 0.0950. The van der Waals surface area contributed by atoms with Crippen LogP contribution in [-0.4, -0.2) is 14.3 Å². The minimum Gasteiger partial charge on any atom is -0.348 e. The summed E-state index contributed by atoms with van der Waals surface area (Å²) in [5.74, 6) is -2.36. The van der Waals surface area contributed by atoms with E-state index in [1.165, 1.54) is 36.4 Å². The molecule has 3 aromatic carbocycles. The number of halogens is 3. The van der Waals surface area contributed by atoms with Gasteiger partial charge in [0.1, 0.15) is 17.5 Å². The zero-order valence-electron chi connectivity index (χ0n) is 14.8. The van der Waals surface area contributed by atoms with Crippen molar-refractivity contribution >= 4 is 21.6 Å². The molecule has 0 spiro atoms. The first kappa shape index (κ1) is 20.4. The number of carbonyl (C=O) groups is 1. The van der Waals surface area contributed by atoms with Crippen LogP contribution in [0, 0.1) is 17.5 Å². The fourth-order valence-electron chi connectivity index (χ4n) is 2.47. The van der Waals surface area contributed by atoms with Gasteiger partial charge in [0.15, 0.2) is 0 Å². The van der Waals surface area contributed by atoms with E-state index in [2.05, 4.69) is 10.0 Å². The summed E-state index contributed by atoms with van der Waals surface area (Å²) in [5.41, 5.74) is 0.314. The molecule has 0 radical (unpaired) electrons. The molecule has 2 N–H and O–H groups in total. The first-order chi connectivity index (χ1) is 13.7. The molecule has 3 aromatic rings. The summed E-state index contributed by atoms with van der Waals surface area (Å²) in [5, 5.41) is 2.44. The van der Waals surface area contributed by atoms with Crippen LogP contribution in [-0.2, 0) is 16.6 Å². The molecule has 0 bridgehead atoms. The van der Waals surface area contributed by atoms with Crippen molar-refractivity contribution in [2.45, 2.75) is 11.4 Å². The minimum atomic E-state index is -3.93. The summed E-state index contributed by atoms with van der Waals surface area (Å²) in [7, 11) is -3.93. The maximum absolute atomic E-state index is 13.6. The third-order valence-electron chi connectivity index (χ3n) is 3.97. The summed E-state index contributed by atoms with van der Waals surface area (Å²) < 4.78 is 66.7. The van der Waals surface area contributed by atoms with Gasteiger partial charge in [0.05, 0.1) is 4.90 Å². The Morgan fingerprint density at radius 3 is 2.10 bits per heavy atom. The van der Waals surface area contributed by atoms with E-state index < -0.39 is 33.4 Å². The molecule has 0 atom stereocenters. The molecule has 0 heterocycles. The van der Waals surface area contributed by atoms with E-state index in [0.29, 0.717) is 0 Å². The van der Waals surface area contributed by atoms with Gasteiger partial charge in [-0.2, -0.15) is 0 Å². The molecule has 0 aromatic heterocycles. The van der Waals surface area contributed by atoms with Crippen LogP contribution in [0.5, 0.6) is 0 Å².